The highest BCUT2D eigenvalue weighted by molar-refractivity contribution is 5.80. The van der Waals surface area contributed by atoms with Crippen molar-refractivity contribution in [3.63, 3.8) is 0 Å². The lowest BCUT2D eigenvalue weighted by Gasteiger charge is -1.71. The van der Waals surface area contributed by atoms with Gasteiger partial charge in [0.1, 0.15) is 0 Å². The molecule has 0 amide bonds. The van der Waals surface area contributed by atoms with Crippen LogP contribution in [-0.4, -0.2) is 10.5 Å². The number of rotatable bonds is 1. The van der Waals surface area contributed by atoms with Crippen molar-refractivity contribution in [2.45, 2.75) is 19.8 Å². The summed E-state index contributed by atoms with van der Waals surface area (Å²) in [5, 5.41) is 0. The third-order valence-corrected chi connectivity index (χ3v) is 1.33. The molecular formula is C5H8N2. The van der Waals surface area contributed by atoms with Gasteiger partial charge in [-0.15, -0.1) is 0 Å². The molecule has 0 atom stereocenters. The molecule has 1 fully saturated rings. The van der Waals surface area contributed by atoms with Gasteiger partial charge in [0, 0.05) is 6.92 Å². The maximum Gasteiger partial charge on any atom is 0.268 e. The van der Waals surface area contributed by atoms with Crippen molar-refractivity contribution in [2.75, 3.05) is 0 Å². The van der Waals surface area contributed by atoms with Gasteiger partial charge < -0.3 is 5.53 Å². The van der Waals surface area contributed by atoms with Gasteiger partial charge in [-0.2, -0.15) is 4.79 Å². The zero-order valence-corrected chi connectivity index (χ0v) is 4.39. The molecule has 0 heterocycles. The summed E-state index contributed by atoms with van der Waals surface area (Å²) in [6.45, 7) is 1.86. The molecule has 7 heavy (non-hydrogen) atoms. The van der Waals surface area contributed by atoms with Crippen LogP contribution in [0.1, 0.15) is 19.8 Å². The molecule has 1 aliphatic rings. The minimum absolute atomic E-state index is 0.616. The van der Waals surface area contributed by atoms with Gasteiger partial charge in [0.2, 0.25) is 0 Å². The molecule has 1 saturated carbocycles. The van der Waals surface area contributed by atoms with Crippen molar-refractivity contribution >= 4 is 5.71 Å². The van der Waals surface area contributed by atoms with Crippen LogP contribution in [0.4, 0.5) is 0 Å². The molecule has 2 heteroatoms. The summed E-state index contributed by atoms with van der Waals surface area (Å²) in [5.41, 5.74) is 9.02. The van der Waals surface area contributed by atoms with Gasteiger partial charge in [0.15, 0.2) is 0 Å². The minimum atomic E-state index is 0.616. The summed E-state index contributed by atoms with van der Waals surface area (Å²) in [7, 11) is 0. The first-order chi connectivity index (χ1) is 3.34. The molecule has 0 aliphatic heterocycles. The Labute approximate surface area is 42.8 Å². The van der Waals surface area contributed by atoms with Crippen LogP contribution >= 0.6 is 0 Å². The second kappa shape index (κ2) is 1.47. The van der Waals surface area contributed by atoms with Crippen LogP contribution in [-0.2, 0) is 0 Å². The molecule has 38 valence electrons. The lowest BCUT2D eigenvalue weighted by atomic mass is 10.3. The Bertz CT molecular complexity index is 118. The zero-order valence-electron chi connectivity index (χ0n) is 4.39. The molecule has 0 unspecified atom stereocenters. The molecular weight excluding hydrogens is 88.1 g/mol. The third-order valence-electron chi connectivity index (χ3n) is 1.33. The molecule has 0 aromatic heterocycles. The topological polar surface area (TPSA) is 36.4 Å². The first kappa shape index (κ1) is 4.54. The van der Waals surface area contributed by atoms with E-state index in [1.165, 1.54) is 12.8 Å². The monoisotopic (exact) mass is 96.1 g/mol. The first-order valence-electron chi connectivity index (χ1n) is 2.53. The van der Waals surface area contributed by atoms with Crippen LogP contribution in [0.15, 0.2) is 0 Å². The van der Waals surface area contributed by atoms with Crippen LogP contribution < -0.4 is 0 Å². The Morgan fingerprint density at radius 3 is 2.43 bits per heavy atom. The Kier molecular flexibility index (Phi) is 0.953. The fourth-order valence-electron chi connectivity index (χ4n) is 0.583. The predicted octanol–water partition coefficient (Wildman–Crippen LogP) is 1.09. The maximum atomic E-state index is 8.13. The van der Waals surface area contributed by atoms with E-state index in [4.69, 9.17) is 5.53 Å². The Balaban J connectivity index is 2.53. The van der Waals surface area contributed by atoms with E-state index in [0.717, 1.165) is 5.71 Å². The average molecular weight is 96.1 g/mol. The molecule has 2 nitrogen and oxygen atoms in total. The van der Waals surface area contributed by atoms with Crippen molar-refractivity contribution in [2.24, 2.45) is 5.92 Å². The van der Waals surface area contributed by atoms with Gasteiger partial charge in [-0.3, -0.25) is 0 Å². The quantitative estimate of drug-likeness (QED) is 0.266. The van der Waals surface area contributed by atoms with Crippen LogP contribution in [0.2, 0.25) is 0 Å². The highest BCUT2D eigenvalue weighted by Gasteiger charge is 2.29. The molecule has 1 aliphatic carbocycles. The summed E-state index contributed by atoms with van der Waals surface area (Å²) in [6.07, 6.45) is 2.44. The summed E-state index contributed by atoms with van der Waals surface area (Å²) >= 11 is 0. The SMILES string of the molecule is CC(=[N+]=[N-])C1CC1. The van der Waals surface area contributed by atoms with Gasteiger partial charge in [0.25, 0.3) is 5.71 Å². The molecule has 1 rings (SSSR count). The summed E-state index contributed by atoms with van der Waals surface area (Å²) < 4.78 is 0. The number of nitrogens with zero attached hydrogens (tertiary/aromatic N) is 2. The van der Waals surface area contributed by atoms with Gasteiger partial charge in [0.05, 0.1) is 5.92 Å². The molecule has 0 spiro atoms. The smallest absolute Gasteiger partial charge is 0.268 e. The van der Waals surface area contributed by atoms with Crippen molar-refractivity contribution in [1.29, 1.82) is 0 Å². The summed E-state index contributed by atoms with van der Waals surface area (Å²) in [4.78, 5) is 3.07. The van der Waals surface area contributed by atoms with E-state index in [1.807, 2.05) is 6.92 Å². The number of hydrogen-bond donors (Lipinski definition) is 0. The Morgan fingerprint density at radius 1 is 1.71 bits per heavy atom. The van der Waals surface area contributed by atoms with Crippen molar-refractivity contribution in [3.05, 3.63) is 5.53 Å². The van der Waals surface area contributed by atoms with E-state index in [2.05, 4.69) is 4.79 Å². The van der Waals surface area contributed by atoms with Crippen molar-refractivity contribution < 1.29 is 4.79 Å². The average Bonchev–Trinajstić information content (AvgIpc) is 2.44. The second-order valence-electron chi connectivity index (χ2n) is 2.02. The summed E-state index contributed by atoms with van der Waals surface area (Å²) in [5.74, 6) is 0.616. The van der Waals surface area contributed by atoms with E-state index < -0.39 is 0 Å². The third kappa shape index (κ3) is 0.875. The standard InChI is InChI=1S/C5H8N2/c1-4(7-6)5-2-3-5/h5H,2-3H2,1H3. The molecule has 0 bridgehead atoms. The molecule has 0 aromatic carbocycles. The van der Waals surface area contributed by atoms with Gasteiger partial charge in [-0.05, 0) is 12.8 Å². The van der Waals surface area contributed by atoms with Gasteiger partial charge in [-0.25, -0.2) is 0 Å². The van der Waals surface area contributed by atoms with E-state index in [0.29, 0.717) is 5.92 Å². The van der Waals surface area contributed by atoms with Crippen molar-refractivity contribution in [1.82, 2.24) is 0 Å². The normalized spacial score (nSPS) is 18.4. The van der Waals surface area contributed by atoms with Crippen LogP contribution in [0.25, 0.3) is 5.53 Å². The van der Waals surface area contributed by atoms with Crippen LogP contribution in [0.5, 0.6) is 0 Å². The molecule has 0 aromatic rings. The van der Waals surface area contributed by atoms with Crippen LogP contribution in [0.3, 0.4) is 0 Å². The first-order valence-corrected chi connectivity index (χ1v) is 2.53. The Hall–Kier alpha value is -0.620. The molecule has 0 N–H and O–H groups in total. The minimum Gasteiger partial charge on any atom is -0.362 e. The van der Waals surface area contributed by atoms with Crippen molar-refractivity contribution in [3.8, 4) is 0 Å². The second-order valence-corrected chi connectivity index (χ2v) is 2.02. The van der Waals surface area contributed by atoms with Crippen LogP contribution in [0, 0.1) is 5.92 Å². The fourth-order valence-corrected chi connectivity index (χ4v) is 0.583. The van der Waals surface area contributed by atoms with E-state index in [1.54, 1.807) is 0 Å². The van der Waals surface area contributed by atoms with E-state index >= 15 is 0 Å². The largest absolute Gasteiger partial charge is 0.362 e. The van der Waals surface area contributed by atoms with Gasteiger partial charge >= 0.3 is 0 Å². The summed E-state index contributed by atoms with van der Waals surface area (Å²) in [6, 6.07) is 0. The zero-order chi connectivity index (χ0) is 5.28. The Morgan fingerprint density at radius 2 is 2.29 bits per heavy atom. The molecule has 0 saturated heterocycles. The highest BCUT2D eigenvalue weighted by Crippen LogP contribution is 2.29. The lowest BCUT2D eigenvalue weighted by Crippen LogP contribution is -1.92. The maximum absolute atomic E-state index is 8.13. The number of hydrogen-bond acceptors (Lipinski definition) is 0. The predicted molar refractivity (Wildman–Crippen MR) is 27.0 cm³/mol. The molecule has 0 radical (unpaired) electrons. The van der Waals surface area contributed by atoms with Gasteiger partial charge in [-0.1, -0.05) is 0 Å². The fraction of sp³-hybridized carbons (Fsp3) is 0.800. The highest BCUT2D eigenvalue weighted by atomic mass is 14.9. The van der Waals surface area contributed by atoms with E-state index in [9.17, 15) is 0 Å². The lowest BCUT2D eigenvalue weighted by molar-refractivity contribution is -0.0101. The van der Waals surface area contributed by atoms with E-state index in [-0.39, 0.29) is 0 Å².